The van der Waals surface area contributed by atoms with Crippen LogP contribution in [-0.2, 0) is 9.59 Å². The number of nitrogens with one attached hydrogen (secondary N) is 1. The van der Waals surface area contributed by atoms with Crippen molar-refractivity contribution in [2.75, 3.05) is 33.8 Å². The fourth-order valence-corrected chi connectivity index (χ4v) is 4.96. The van der Waals surface area contributed by atoms with Gasteiger partial charge in [0.05, 0.1) is 17.3 Å². The van der Waals surface area contributed by atoms with Crippen molar-refractivity contribution in [3.05, 3.63) is 76.6 Å². The van der Waals surface area contributed by atoms with Gasteiger partial charge in [0.1, 0.15) is 31.3 Å². The van der Waals surface area contributed by atoms with Gasteiger partial charge in [-0.15, -0.1) is 0 Å². The van der Waals surface area contributed by atoms with Crippen LogP contribution in [-0.4, -0.2) is 96.1 Å². The van der Waals surface area contributed by atoms with Crippen LogP contribution < -0.4 is 11.5 Å². The van der Waals surface area contributed by atoms with Crippen molar-refractivity contribution in [1.82, 2.24) is 19.6 Å². The first-order chi connectivity index (χ1) is 24.5. The molecule has 2 heterocycles. The maximum absolute atomic E-state index is 13.2. The Morgan fingerprint density at radius 2 is 1.63 bits per heavy atom. The predicted octanol–water partition coefficient (Wildman–Crippen LogP) is 5.81. The van der Waals surface area contributed by atoms with E-state index in [0.717, 1.165) is 13.4 Å². The topological polar surface area (TPSA) is 179 Å². The Hall–Kier alpha value is -4.67. The number of carbonyl (C=O) groups excluding carboxylic acids is 2. The number of benzene rings is 2. The van der Waals surface area contributed by atoms with Crippen molar-refractivity contribution in [3.8, 4) is 11.1 Å². The van der Waals surface area contributed by atoms with E-state index in [1.54, 1.807) is 54.4 Å². The second-order valence-electron chi connectivity index (χ2n) is 13.0. The zero-order valence-electron chi connectivity index (χ0n) is 30.1. The summed E-state index contributed by atoms with van der Waals surface area (Å²) in [7, 11) is 2.67. The molecule has 0 saturated carbocycles. The summed E-state index contributed by atoms with van der Waals surface area (Å²) in [5, 5.41) is 18.2. The third kappa shape index (κ3) is 13.8. The van der Waals surface area contributed by atoms with Crippen LogP contribution in [0, 0.1) is 16.7 Å². The number of likely N-dealkylation sites (tertiary alicyclic amines) is 1. The zero-order chi connectivity index (χ0) is 39.8. The highest BCUT2D eigenvalue weighted by Gasteiger charge is 2.36. The molecule has 6 N–H and O–H groups in total. The molecule has 12 nitrogen and oxygen atoms in total. The lowest BCUT2D eigenvalue weighted by Crippen LogP contribution is -2.53. The van der Waals surface area contributed by atoms with Crippen LogP contribution in [0.4, 0.5) is 17.6 Å². The molecule has 0 spiro atoms. The SMILES string of the molecule is C=O.CC(C)(C)C.CN(C(N)=NC(C=O)c1ccc(-c2cnn(C(F)F)c2)cc1)C(CN1CC(C(F)F)C1)c1ccc(Cl)c(C(N)=NC=N)c1.CO. The van der Waals surface area contributed by atoms with Crippen molar-refractivity contribution < 1.29 is 32.3 Å². The molecule has 1 aromatic heterocycles. The van der Waals surface area contributed by atoms with Crippen molar-refractivity contribution in [3.63, 3.8) is 0 Å². The van der Waals surface area contributed by atoms with Gasteiger partial charge in [-0.3, -0.25) is 10.3 Å². The van der Waals surface area contributed by atoms with Gasteiger partial charge < -0.3 is 31.1 Å². The second kappa shape index (κ2) is 21.6. The van der Waals surface area contributed by atoms with Crippen LogP contribution in [0.2, 0.25) is 5.02 Å². The normalized spacial score (nSPS) is 14.8. The smallest absolute Gasteiger partial charge is 0.333 e. The lowest BCUT2D eigenvalue weighted by atomic mass is 9.96. The van der Waals surface area contributed by atoms with Crippen molar-refractivity contribution in [2.24, 2.45) is 32.8 Å². The van der Waals surface area contributed by atoms with E-state index < -0.39 is 31.0 Å². The quantitative estimate of drug-likeness (QED) is 0.0774. The molecule has 0 amide bonds. The molecule has 1 fully saturated rings. The third-order valence-electron chi connectivity index (χ3n) is 7.24. The number of aromatic nitrogens is 2. The number of likely N-dealkylation sites (N-methyl/N-ethyl adjacent to an activating group) is 1. The van der Waals surface area contributed by atoms with E-state index in [0.29, 0.717) is 55.8 Å². The number of alkyl halides is 4. The van der Waals surface area contributed by atoms with E-state index in [-0.39, 0.29) is 24.9 Å². The zero-order valence-corrected chi connectivity index (χ0v) is 30.8. The first kappa shape index (κ1) is 45.4. The molecule has 2 aromatic carbocycles. The molecule has 1 saturated heterocycles. The van der Waals surface area contributed by atoms with Gasteiger partial charge in [-0.1, -0.05) is 69.6 Å². The van der Waals surface area contributed by atoms with E-state index in [9.17, 15) is 22.4 Å². The Kier molecular flexibility index (Phi) is 18.9. The summed E-state index contributed by atoms with van der Waals surface area (Å²) in [6.07, 6.45) is 1.53. The number of carbonyl (C=O) groups is 2. The van der Waals surface area contributed by atoms with Crippen molar-refractivity contribution in [1.29, 1.82) is 5.41 Å². The van der Waals surface area contributed by atoms with Crippen LogP contribution in [0.25, 0.3) is 11.1 Å². The molecular formula is C35H48ClF4N9O3. The number of hydrogen-bond donors (Lipinski definition) is 4. The molecule has 2 unspecified atom stereocenters. The molecule has 17 heteroatoms. The standard InChI is InChI=1S/C28H30ClF4N9O.C5H12.CH4O.CH2O/c1-40(28(36)39-23(14-43)17-4-2-16(3-5-17)19-9-38-42(12-19)27(32)33)24(13-41-10-20(11-41)25(30)31)18-6-7-22(29)21(8-18)26(35)37-15-34;1-5(2,3)4;2*1-2/h2-9,12,14-15,20,23-25,27H,10-11,13H2,1H3,(H2,36,39)(H3,34,35,37);1-4H3;2H,1H3;1H2. The summed E-state index contributed by atoms with van der Waals surface area (Å²) < 4.78 is 52.6. The molecule has 2 atom stereocenters. The van der Waals surface area contributed by atoms with Gasteiger partial charge in [0.2, 0.25) is 6.43 Å². The lowest BCUT2D eigenvalue weighted by molar-refractivity contribution is -0.109. The summed E-state index contributed by atoms with van der Waals surface area (Å²) in [6.45, 7) is 8.71. The Morgan fingerprint density at radius 1 is 1.08 bits per heavy atom. The molecule has 1 aliphatic rings. The second-order valence-corrected chi connectivity index (χ2v) is 13.4. The maximum Gasteiger partial charge on any atom is 0.333 e. The first-order valence-corrected chi connectivity index (χ1v) is 16.2. The summed E-state index contributed by atoms with van der Waals surface area (Å²) >= 11 is 6.32. The minimum atomic E-state index is -2.76. The fourth-order valence-electron chi connectivity index (χ4n) is 4.74. The number of aliphatic hydroxyl groups is 1. The Balaban J connectivity index is 0.00000136. The van der Waals surface area contributed by atoms with Crippen molar-refractivity contribution in [2.45, 2.75) is 52.8 Å². The average Bonchev–Trinajstić information content (AvgIpc) is 3.59. The Morgan fingerprint density at radius 3 is 2.12 bits per heavy atom. The van der Waals surface area contributed by atoms with Gasteiger partial charge in [-0.25, -0.2) is 23.4 Å². The number of guanidine groups is 1. The molecule has 1 aliphatic heterocycles. The molecule has 286 valence electrons. The van der Waals surface area contributed by atoms with Gasteiger partial charge in [-0.2, -0.15) is 13.9 Å². The van der Waals surface area contributed by atoms with E-state index >= 15 is 0 Å². The van der Waals surface area contributed by atoms with E-state index in [1.165, 1.54) is 12.4 Å². The minimum absolute atomic E-state index is 0.00736. The highest BCUT2D eigenvalue weighted by atomic mass is 35.5. The molecule has 0 aliphatic carbocycles. The summed E-state index contributed by atoms with van der Waals surface area (Å²) in [6, 6.07) is 10.2. The van der Waals surface area contributed by atoms with Crippen LogP contribution >= 0.6 is 11.6 Å². The summed E-state index contributed by atoms with van der Waals surface area (Å²) in [5.41, 5.74) is 15.6. The minimum Gasteiger partial charge on any atom is -0.400 e. The molecule has 52 heavy (non-hydrogen) atoms. The first-order valence-electron chi connectivity index (χ1n) is 15.8. The molecular weight excluding hydrogens is 706 g/mol. The number of halogens is 5. The molecule has 0 radical (unpaired) electrons. The Bertz CT molecular complexity index is 1600. The number of aliphatic hydroxyl groups excluding tert-OH is 1. The number of amidine groups is 1. The van der Waals surface area contributed by atoms with Gasteiger partial charge >= 0.3 is 6.55 Å². The highest BCUT2D eigenvalue weighted by molar-refractivity contribution is 6.34. The highest BCUT2D eigenvalue weighted by Crippen LogP contribution is 2.31. The number of rotatable bonds is 12. The van der Waals surface area contributed by atoms with Gasteiger partial charge in [0.15, 0.2) is 5.96 Å². The molecule has 3 aromatic rings. The van der Waals surface area contributed by atoms with Gasteiger partial charge in [0, 0.05) is 57.0 Å². The third-order valence-corrected chi connectivity index (χ3v) is 7.57. The lowest BCUT2D eigenvalue weighted by Gasteiger charge is -2.42. The average molecular weight is 754 g/mol. The number of hydrogen-bond acceptors (Lipinski definition) is 7. The largest absolute Gasteiger partial charge is 0.400 e. The van der Waals surface area contributed by atoms with Crippen LogP contribution in [0.5, 0.6) is 0 Å². The maximum atomic E-state index is 13.2. The number of nitrogens with two attached hydrogens (primary N) is 2. The van der Waals surface area contributed by atoms with Crippen LogP contribution in [0.15, 0.2) is 64.8 Å². The van der Waals surface area contributed by atoms with E-state index in [1.807, 2.05) is 11.7 Å². The van der Waals surface area contributed by atoms with E-state index in [4.69, 9.17) is 38.4 Å². The predicted molar refractivity (Wildman–Crippen MR) is 197 cm³/mol. The monoisotopic (exact) mass is 753 g/mol. The molecule has 4 rings (SSSR count). The van der Waals surface area contributed by atoms with Crippen molar-refractivity contribution >= 4 is 42.8 Å². The van der Waals surface area contributed by atoms with Crippen LogP contribution in [0.1, 0.15) is 63.0 Å². The number of nitrogens with zero attached hydrogens (tertiary/aromatic N) is 6. The van der Waals surface area contributed by atoms with E-state index in [2.05, 4.69) is 42.8 Å². The van der Waals surface area contributed by atoms with Crippen LogP contribution in [0.3, 0.4) is 0 Å². The summed E-state index contributed by atoms with van der Waals surface area (Å²) in [4.78, 5) is 31.8. The molecule has 0 bridgehead atoms. The number of aldehydes is 1. The van der Waals surface area contributed by atoms with Gasteiger partial charge in [0.25, 0.3) is 0 Å². The summed E-state index contributed by atoms with van der Waals surface area (Å²) in [5.74, 6) is -0.689. The number of aliphatic imine (C=N–C) groups is 2. The van der Waals surface area contributed by atoms with Gasteiger partial charge in [-0.05, 0) is 34.2 Å². The Labute approximate surface area is 306 Å². The fraction of sp³-hybridized carbons (Fsp3) is 0.429.